The van der Waals surface area contributed by atoms with E-state index < -0.39 is 18.2 Å². The zero-order valence-corrected chi connectivity index (χ0v) is 11.7. The van der Waals surface area contributed by atoms with E-state index in [4.69, 9.17) is 5.26 Å². The van der Waals surface area contributed by atoms with Crippen molar-refractivity contribution >= 4 is 5.91 Å². The van der Waals surface area contributed by atoms with Crippen molar-refractivity contribution < 1.29 is 23.1 Å². The van der Waals surface area contributed by atoms with Gasteiger partial charge in [0, 0.05) is 13.1 Å². The van der Waals surface area contributed by atoms with E-state index in [0.29, 0.717) is 0 Å². The Balaban J connectivity index is 2.03. The molecule has 1 saturated heterocycles. The summed E-state index contributed by atoms with van der Waals surface area (Å²) in [6.07, 6.45) is -6.82. The molecule has 22 heavy (non-hydrogen) atoms. The molecule has 1 heterocycles. The molecule has 4 nitrogen and oxygen atoms in total. The van der Waals surface area contributed by atoms with Crippen LogP contribution in [0.15, 0.2) is 24.3 Å². The normalized spacial score (nSPS) is 17.9. The number of nitriles is 1. The summed E-state index contributed by atoms with van der Waals surface area (Å²) in [7, 11) is 0. The Labute approximate surface area is 125 Å². The number of hydrogen-bond donors (Lipinski definition) is 1. The lowest BCUT2D eigenvalue weighted by atomic mass is 9.90. The summed E-state index contributed by atoms with van der Waals surface area (Å²) in [6.45, 7) is 0.271. The first-order valence-corrected chi connectivity index (χ1v) is 6.87. The van der Waals surface area contributed by atoms with Crippen LogP contribution in [0.2, 0.25) is 0 Å². The number of rotatable bonds is 2. The van der Waals surface area contributed by atoms with Crippen LogP contribution in [0.25, 0.3) is 0 Å². The summed E-state index contributed by atoms with van der Waals surface area (Å²) in [5.41, 5.74) is 0.491. The minimum absolute atomic E-state index is 0.0845. The van der Waals surface area contributed by atoms with Gasteiger partial charge in [0.2, 0.25) is 0 Å². The molecule has 0 saturated carbocycles. The monoisotopic (exact) mass is 312 g/mol. The minimum atomic E-state index is -4.63. The zero-order chi connectivity index (χ0) is 16.3. The number of aliphatic hydroxyl groups is 1. The van der Waals surface area contributed by atoms with Crippen molar-refractivity contribution in [2.45, 2.75) is 25.1 Å². The predicted octanol–water partition coefficient (Wildman–Crippen LogP) is 2.33. The van der Waals surface area contributed by atoms with E-state index in [9.17, 15) is 23.1 Å². The highest BCUT2D eigenvalue weighted by Crippen LogP contribution is 2.32. The first-order chi connectivity index (χ1) is 10.3. The lowest BCUT2D eigenvalue weighted by Crippen LogP contribution is -2.45. The van der Waals surface area contributed by atoms with E-state index in [1.165, 1.54) is 17.0 Å². The Morgan fingerprint density at radius 1 is 1.32 bits per heavy atom. The Hall–Kier alpha value is -2.07. The van der Waals surface area contributed by atoms with Crippen molar-refractivity contribution in [1.29, 1.82) is 5.26 Å². The van der Waals surface area contributed by atoms with Crippen LogP contribution in [-0.4, -0.2) is 41.3 Å². The summed E-state index contributed by atoms with van der Waals surface area (Å²) < 4.78 is 37.5. The summed E-state index contributed by atoms with van der Waals surface area (Å²) >= 11 is 0. The Morgan fingerprint density at radius 2 is 1.91 bits per heavy atom. The van der Waals surface area contributed by atoms with Gasteiger partial charge in [0.05, 0.1) is 17.2 Å². The van der Waals surface area contributed by atoms with Gasteiger partial charge in [0.15, 0.2) is 6.10 Å². The third-order valence-corrected chi connectivity index (χ3v) is 3.89. The molecule has 1 aliphatic rings. The third-order valence-electron chi connectivity index (χ3n) is 3.89. The van der Waals surface area contributed by atoms with E-state index >= 15 is 0 Å². The van der Waals surface area contributed by atoms with Crippen molar-refractivity contribution in [2.24, 2.45) is 5.92 Å². The number of carbonyl (C=O) groups excluding carboxylic acids is 1. The highest BCUT2D eigenvalue weighted by Gasteiger charge is 2.44. The fraction of sp³-hybridized carbons (Fsp3) is 0.467. The summed E-state index contributed by atoms with van der Waals surface area (Å²) in [5.74, 6) is -1.26. The third kappa shape index (κ3) is 3.39. The molecule has 0 radical (unpaired) electrons. The number of carbonyl (C=O) groups is 1. The second kappa shape index (κ2) is 6.36. The van der Waals surface area contributed by atoms with E-state index in [1.807, 2.05) is 6.07 Å². The quantitative estimate of drug-likeness (QED) is 0.911. The summed E-state index contributed by atoms with van der Waals surface area (Å²) in [4.78, 5) is 13.8. The molecular formula is C15H15F3N2O2. The lowest BCUT2D eigenvalue weighted by Gasteiger charge is -2.34. The molecule has 1 N–H and O–H groups in total. The van der Waals surface area contributed by atoms with Gasteiger partial charge in [-0.1, -0.05) is 12.1 Å². The molecule has 0 aromatic heterocycles. The van der Waals surface area contributed by atoms with Crippen molar-refractivity contribution in [3.63, 3.8) is 0 Å². The lowest BCUT2D eigenvalue weighted by molar-refractivity contribution is -0.222. The highest BCUT2D eigenvalue weighted by molar-refractivity contribution is 5.96. The smallest absolute Gasteiger partial charge is 0.383 e. The van der Waals surface area contributed by atoms with E-state index in [0.717, 1.165) is 0 Å². The molecular weight excluding hydrogens is 297 g/mol. The second-order valence-electron chi connectivity index (χ2n) is 5.27. The van der Waals surface area contributed by atoms with Gasteiger partial charge in [-0.3, -0.25) is 4.79 Å². The predicted molar refractivity (Wildman–Crippen MR) is 71.8 cm³/mol. The topological polar surface area (TPSA) is 64.3 Å². The molecule has 1 atom stereocenters. The molecule has 1 amide bonds. The van der Waals surface area contributed by atoms with Crippen LogP contribution in [0.3, 0.4) is 0 Å². The van der Waals surface area contributed by atoms with Crippen LogP contribution in [-0.2, 0) is 0 Å². The van der Waals surface area contributed by atoms with Gasteiger partial charge in [0.1, 0.15) is 0 Å². The standard InChI is InChI=1S/C15H15F3N2O2/c16-15(17,18)13(21)10-5-7-20(8-6-10)14(22)12-4-2-1-3-11(12)9-19/h1-4,10,13,21H,5-8H2. The number of benzene rings is 1. The van der Waals surface area contributed by atoms with E-state index in [1.54, 1.807) is 12.1 Å². The molecule has 1 fully saturated rings. The number of piperidine rings is 1. The highest BCUT2D eigenvalue weighted by atomic mass is 19.4. The second-order valence-corrected chi connectivity index (χ2v) is 5.27. The molecule has 1 aromatic carbocycles. The van der Waals surface area contributed by atoms with Crippen LogP contribution < -0.4 is 0 Å². The molecule has 1 unspecified atom stereocenters. The number of nitrogens with zero attached hydrogens (tertiary/aromatic N) is 2. The average molecular weight is 312 g/mol. The number of hydrogen-bond acceptors (Lipinski definition) is 3. The fourth-order valence-corrected chi connectivity index (χ4v) is 2.62. The van der Waals surface area contributed by atoms with Crippen LogP contribution in [0.5, 0.6) is 0 Å². The summed E-state index contributed by atoms with van der Waals surface area (Å²) in [6, 6.07) is 8.25. The average Bonchev–Trinajstić information content (AvgIpc) is 2.52. The van der Waals surface area contributed by atoms with Gasteiger partial charge in [-0.15, -0.1) is 0 Å². The molecule has 7 heteroatoms. The zero-order valence-electron chi connectivity index (χ0n) is 11.7. The Bertz CT molecular complexity index is 587. The van der Waals surface area contributed by atoms with Crippen molar-refractivity contribution in [3.05, 3.63) is 35.4 Å². The van der Waals surface area contributed by atoms with Crippen LogP contribution in [0, 0.1) is 17.2 Å². The van der Waals surface area contributed by atoms with Gasteiger partial charge in [-0.25, -0.2) is 0 Å². The number of amides is 1. The first-order valence-electron chi connectivity index (χ1n) is 6.87. The van der Waals surface area contributed by atoms with E-state index in [-0.39, 0.29) is 43.0 Å². The molecule has 0 bridgehead atoms. The Morgan fingerprint density at radius 3 is 2.45 bits per heavy atom. The van der Waals surface area contributed by atoms with Gasteiger partial charge >= 0.3 is 6.18 Å². The van der Waals surface area contributed by atoms with Gasteiger partial charge in [-0.05, 0) is 30.9 Å². The van der Waals surface area contributed by atoms with Crippen LogP contribution >= 0.6 is 0 Å². The molecule has 0 spiro atoms. The van der Waals surface area contributed by atoms with Crippen molar-refractivity contribution in [3.8, 4) is 6.07 Å². The van der Waals surface area contributed by atoms with Crippen molar-refractivity contribution in [2.75, 3.05) is 13.1 Å². The van der Waals surface area contributed by atoms with Gasteiger partial charge in [0.25, 0.3) is 5.91 Å². The number of aliphatic hydroxyl groups excluding tert-OH is 1. The largest absolute Gasteiger partial charge is 0.414 e. The first kappa shape index (κ1) is 16.3. The summed E-state index contributed by atoms with van der Waals surface area (Å²) in [5, 5.41) is 18.3. The maximum Gasteiger partial charge on any atom is 0.414 e. The van der Waals surface area contributed by atoms with Gasteiger partial charge < -0.3 is 10.0 Å². The molecule has 1 aromatic rings. The number of likely N-dealkylation sites (tertiary alicyclic amines) is 1. The fourth-order valence-electron chi connectivity index (χ4n) is 2.62. The van der Waals surface area contributed by atoms with Crippen LogP contribution in [0.4, 0.5) is 13.2 Å². The number of halogens is 3. The number of alkyl halides is 3. The minimum Gasteiger partial charge on any atom is -0.383 e. The SMILES string of the molecule is N#Cc1ccccc1C(=O)N1CCC(C(O)C(F)(F)F)CC1. The molecule has 1 aliphatic heterocycles. The van der Waals surface area contributed by atoms with E-state index in [2.05, 4.69) is 0 Å². The maximum atomic E-state index is 12.5. The van der Waals surface area contributed by atoms with Crippen LogP contribution in [0.1, 0.15) is 28.8 Å². The van der Waals surface area contributed by atoms with Crippen molar-refractivity contribution in [1.82, 2.24) is 4.90 Å². The maximum absolute atomic E-state index is 12.5. The molecule has 118 valence electrons. The molecule has 0 aliphatic carbocycles. The van der Waals surface area contributed by atoms with Gasteiger partial charge in [-0.2, -0.15) is 18.4 Å². The Kier molecular flexibility index (Phi) is 4.71. The molecule has 2 rings (SSSR count).